The Morgan fingerprint density at radius 1 is 1.24 bits per heavy atom. The third-order valence-corrected chi connectivity index (χ3v) is 2.56. The molecule has 1 aliphatic heterocycles. The van der Waals surface area contributed by atoms with E-state index in [-0.39, 0.29) is 34.1 Å². The predicted molar refractivity (Wildman–Crippen MR) is 60.6 cm³/mol. The van der Waals surface area contributed by atoms with Crippen LogP contribution in [-0.2, 0) is 23.6 Å². The standard InChI is InChI=1S/C11H16N4.BrH.Cu/c1-14-7-8-15(2)11(14)13-9-10-5-3-4-6-12-10;;/h3-6H,7-9H2,1-2H3;1H;/q;;+1/p-1. The maximum absolute atomic E-state index is 4.56. The Bertz CT molecular complexity index is 346. The number of rotatable bonds is 2. The number of guanidine groups is 1. The molecule has 4 nitrogen and oxygen atoms in total. The fraction of sp³-hybridized carbons (Fsp3) is 0.455. The number of aromatic nitrogens is 1. The Kier molecular flexibility index (Phi) is 7.43. The molecule has 1 saturated heterocycles. The van der Waals surface area contributed by atoms with Crippen molar-refractivity contribution in [3.8, 4) is 0 Å². The molecular formula is C11H16BrCuN4. The molecule has 1 fully saturated rings. The van der Waals surface area contributed by atoms with Gasteiger partial charge in [-0.2, -0.15) is 0 Å². The van der Waals surface area contributed by atoms with Gasteiger partial charge >= 0.3 is 17.1 Å². The van der Waals surface area contributed by atoms with Gasteiger partial charge in [0.1, 0.15) is 0 Å². The molecule has 0 radical (unpaired) electrons. The van der Waals surface area contributed by atoms with E-state index >= 15 is 0 Å². The van der Waals surface area contributed by atoms with Gasteiger partial charge in [0, 0.05) is 33.4 Å². The van der Waals surface area contributed by atoms with Gasteiger partial charge in [0.25, 0.3) is 0 Å². The number of hydrogen-bond donors (Lipinski definition) is 0. The van der Waals surface area contributed by atoms with Gasteiger partial charge in [0.15, 0.2) is 5.96 Å². The normalized spacial score (nSPS) is 14.1. The molecule has 0 amide bonds. The molecular weight excluding hydrogens is 332 g/mol. The van der Waals surface area contributed by atoms with Gasteiger partial charge in [-0.3, -0.25) is 4.98 Å². The van der Waals surface area contributed by atoms with Crippen molar-refractivity contribution in [1.82, 2.24) is 14.8 Å². The molecule has 2 rings (SSSR count). The minimum Gasteiger partial charge on any atom is -1.00 e. The second kappa shape index (κ2) is 7.69. The number of halogens is 1. The molecule has 0 saturated carbocycles. The van der Waals surface area contributed by atoms with E-state index in [0.29, 0.717) is 6.54 Å². The topological polar surface area (TPSA) is 31.7 Å². The van der Waals surface area contributed by atoms with Crippen molar-refractivity contribution in [1.29, 1.82) is 0 Å². The van der Waals surface area contributed by atoms with Crippen LogP contribution in [0.25, 0.3) is 0 Å². The van der Waals surface area contributed by atoms with Crippen LogP contribution >= 0.6 is 0 Å². The molecule has 98 valence electrons. The van der Waals surface area contributed by atoms with Gasteiger partial charge in [-0.25, -0.2) is 4.99 Å². The third-order valence-electron chi connectivity index (χ3n) is 2.56. The number of nitrogens with zero attached hydrogens (tertiary/aromatic N) is 4. The third kappa shape index (κ3) is 4.30. The van der Waals surface area contributed by atoms with E-state index in [1.165, 1.54) is 0 Å². The van der Waals surface area contributed by atoms with Crippen LogP contribution in [-0.4, -0.2) is 47.9 Å². The van der Waals surface area contributed by atoms with Crippen LogP contribution in [0.3, 0.4) is 0 Å². The van der Waals surface area contributed by atoms with Gasteiger partial charge in [-0.05, 0) is 12.1 Å². The van der Waals surface area contributed by atoms with Crippen LogP contribution in [0.15, 0.2) is 29.4 Å². The van der Waals surface area contributed by atoms with Crippen LogP contribution in [0.5, 0.6) is 0 Å². The summed E-state index contributed by atoms with van der Waals surface area (Å²) >= 11 is 0. The maximum Gasteiger partial charge on any atom is 1.00 e. The predicted octanol–water partition coefficient (Wildman–Crippen LogP) is -2.18. The van der Waals surface area contributed by atoms with E-state index in [4.69, 9.17) is 0 Å². The summed E-state index contributed by atoms with van der Waals surface area (Å²) in [4.78, 5) is 13.1. The molecule has 0 unspecified atom stereocenters. The van der Waals surface area contributed by atoms with Gasteiger partial charge in [-0.15, -0.1) is 0 Å². The van der Waals surface area contributed by atoms with Gasteiger partial charge in [-0.1, -0.05) is 6.07 Å². The Labute approximate surface area is 123 Å². The van der Waals surface area contributed by atoms with Gasteiger partial charge in [0.05, 0.1) is 12.2 Å². The average molecular weight is 348 g/mol. The average Bonchev–Trinajstić information content (AvgIpc) is 2.58. The summed E-state index contributed by atoms with van der Waals surface area (Å²) in [6.07, 6.45) is 1.80. The van der Waals surface area contributed by atoms with E-state index in [9.17, 15) is 0 Å². The first kappa shape index (κ1) is 16.4. The largest absolute Gasteiger partial charge is 1.00 e. The molecule has 0 bridgehead atoms. The van der Waals surface area contributed by atoms with E-state index in [1.54, 1.807) is 6.20 Å². The summed E-state index contributed by atoms with van der Waals surface area (Å²) in [5.41, 5.74) is 1.01. The molecule has 1 aromatic heterocycles. The van der Waals surface area contributed by atoms with Crippen LogP contribution in [0.2, 0.25) is 0 Å². The first-order chi connectivity index (χ1) is 7.27. The van der Waals surface area contributed by atoms with Crippen LogP contribution < -0.4 is 17.0 Å². The van der Waals surface area contributed by atoms with Crippen molar-refractivity contribution in [3.63, 3.8) is 0 Å². The fourth-order valence-corrected chi connectivity index (χ4v) is 1.68. The first-order valence-corrected chi connectivity index (χ1v) is 5.14. The minimum absolute atomic E-state index is 0. The van der Waals surface area contributed by atoms with Crippen molar-refractivity contribution >= 4 is 5.96 Å². The molecule has 0 N–H and O–H groups in total. The summed E-state index contributed by atoms with van der Waals surface area (Å²) in [6, 6.07) is 5.91. The molecule has 1 aromatic rings. The molecule has 0 spiro atoms. The Balaban J connectivity index is 0.00000128. The van der Waals surface area contributed by atoms with Crippen molar-refractivity contribution in [3.05, 3.63) is 30.1 Å². The Hall–Kier alpha value is -0.581. The molecule has 6 heteroatoms. The summed E-state index contributed by atoms with van der Waals surface area (Å²) in [5.74, 6) is 1.06. The molecule has 1 aliphatic rings. The zero-order valence-electron chi connectivity index (χ0n) is 9.90. The van der Waals surface area contributed by atoms with E-state index in [1.807, 2.05) is 18.2 Å². The maximum atomic E-state index is 4.56. The zero-order valence-corrected chi connectivity index (χ0v) is 12.4. The minimum atomic E-state index is 0. The van der Waals surface area contributed by atoms with Crippen molar-refractivity contribution in [2.75, 3.05) is 27.2 Å². The van der Waals surface area contributed by atoms with E-state index in [2.05, 4.69) is 33.9 Å². The van der Waals surface area contributed by atoms with Crippen molar-refractivity contribution < 1.29 is 34.1 Å². The molecule has 17 heavy (non-hydrogen) atoms. The number of likely N-dealkylation sites (N-methyl/N-ethyl adjacent to an activating group) is 2. The number of pyridine rings is 1. The SMILES string of the molecule is CN1CCN(C)C1=NCc1ccccn1.[Br-].[Cu+]. The molecule has 0 aliphatic carbocycles. The Morgan fingerprint density at radius 2 is 1.88 bits per heavy atom. The van der Waals surface area contributed by atoms with Gasteiger partial charge in [0.2, 0.25) is 0 Å². The van der Waals surface area contributed by atoms with Crippen LogP contribution in [0.4, 0.5) is 0 Å². The van der Waals surface area contributed by atoms with Crippen molar-refractivity contribution in [2.45, 2.75) is 6.54 Å². The zero-order chi connectivity index (χ0) is 10.7. The second-order valence-electron chi connectivity index (χ2n) is 3.78. The molecule has 0 atom stereocenters. The quantitative estimate of drug-likeness (QED) is 0.570. The fourth-order valence-electron chi connectivity index (χ4n) is 1.68. The number of hydrogen-bond acceptors (Lipinski definition) is 2. The van der Waals surface area contributed by atoms with E-state index < -0.39 is 0 Å². The van der Waals surface area contributed by atoms with E-state index in [0.717, 1.165) is 24.7 Å². The Morgan fingerprint density at radius 3 is 2.41 bits per heavy atom. The molecule has 2 heterocycles. The number of aliphatic imine (C=N–C) groups is 1. The van der Waals surface area contributed by atoms with Crippen LogP contribution in [0, 0.1) is 0 Å². The monoisotopic (exact) mass is 346 g/mol. The molecule has 0 aromatic carbocycles. The smallest absolute Gasteiger partial charge is 1.00 e. The summed E-state index contributed by atoms with van der Waals surface area (Å²) in [7, 11) is 4.14. The second-order valence-corrected chi connectivity index (χ2v) is 3.78. The summed E-state index contributed by atoms with van der Waals surface area (Å²) in [6.45, 7) is 2.76. The summed E-state index contributed by atoms with van der Waals surface area (Å²) < 4.78 is 0. The van der Waals surface area contributed by atoms with Crippen molar-refractivity contribution in [2.24, 2.45) is 4.99 Å². The summed E-state index contributed by atoms with van der Waals surface area (Å²) in [5, 5.41) is 0. The van der Waals surface area contributed by atoms with Gasteiger partial charge < -0.3 is 26.8 Å². The van der Waals surface area contributed by atoms with Crippen LogP contribution in [0.1, 0.15) is 5.69 Å². The first-order valence-electron chi connectivity index (χ1n) is 5.14.